The van der Waals surface area contributed by atoms with Crippen molar-refractivity contribution >= 4 is 24.1 Å². The Kier molecular flexibility index (Phi) is 2.58. The van der Waals surface area contributed by atoms with E-state index < -0.39 is 0 Å². The maximum absolute atomic E-state index is 10.7. The van der Waals surface area contributed by atoms with Gasteiger partial charge in [0.15, 0.2) is 0 Å². The van der Waals surface area contributed by atoms with Crippen LogP contribution in [0.4, 0.5) is 0 Å². The van der Waals surface area contributed by atoms with Gasteiger partial charge >= 0.3 is 0 Å². The lowest BCUT2D eigenvalue weighted by atomic mass is 9.89. The lowest BCUT2D eigenvalue weighted by molar-refractivity contribution is -0.104. The first kappa shape index (κ1) is 12.2. The summed E-state index contributed by atoms with van der Waals surface area (Å²) in [5.74, 6) is 2.52. The Hall–Kier alpha value is -1.55. The third-order valence-electron chi connectivity index (χ3n) is 4.56. The fourth-order valence-corrected chi connectivity index (χ4v) is 4.84. The second kappa shape index (κ2) is 4.22. The van der Waals surface area contributed by atoms with Crippen LogP contribution in [0, 0.1) is 11.8 Å². The van der Waals surface area contributed by atoms with Gasteiger partial charge in [-0.2, -0.15) is 4.40 Å². The Labute approximate surface area is 123 Å². The Morgan fingerprint density at radius 1 is 1.30 bits per heavy atom. The summed E-state index contributed by atoms with van der Waals surface area (Å²) in [6.07, 6.45) is 9.98. The molecule has 1 saturated carbocycles. The van der Waals surface area contributed by atoms with Gasteiger partial charge in [-0.3, -0.25) is 4.79 Å². The summed E-state index contributed by atoms with van der Waals surface area (Å²) in [4.78, 5) is 13.1. The molecule has 3 aliphatic heterocycles. The highest BCUT2D eigenvalue weighted by Crippen LogP contribution is 2.64. The van der Waals surface area contributed by atoms with E-state index in [1.165, 1.54) is 28.8 Å². The minimum absolute atomic E-state index is 0.484. The van der Waals surface area contributed by atoms with E-state index in [-0.39, 0.29) is 0 Å². The Bertz CT molecular complexity index is 653. The molecule has 4 rings (SSSR count). The van der Waals surface area contributed by atoms with Crippen molar-refractivity contribution in [3.63, 3.8) is 0 Å². The summed E-state index contributed by atoms with van der Waals surface area (Å²) >= 11 is 1.71. The van der Waals surface area contributed by atoms with Crippen LogP contribution in [0.5, 0.6) is 0 Å². The molecule has 0 bridgehead atoms. The SMILES string of the molecule is C/C=C1/C(/C=C\C=O)=C2C3CC3C3SN=C(/C1=C/C)N23. The summed E-state index contributed by atoms with van der Waals surface area (Å²) in [6, 6.07) is 0. The van der Waals surface area contributed by atoms with Gasteiger partial charge in [0.1, 0.15) is 17.5 Å². The number of amidine groups is 1. The molecule has 2 fully saturated rings. The first-order chi connectivity index (χ1) is 9.81. The van der Waals surface area contributed by atoms with Crippen LogP contribution in [0.15, 0.2) is 51.1 Å². The van der Waals surface area contributed by atoms with E-state index in [9.17, 15) is 4.79 Å². The highest BCUT2D eigenvalue weighted by molar-refractivity contribution is 7.99. The van der Waals surface area contributed by atoms with Crippen molar-refractivity contribution in [2.24, 2.45) is 16.2 Å². The van der Waals surface area contributed by atoms with E-state index in [0.717, 1.165) is 18.0 Å². The fourth-order valence-electron chi connectivity index (χ4n) is 3.68. The summed E-state index contributed by atoms with van der Waals surface area (Å²) < 4.78 is 4.70. The summed E-state index contributed by atoms with van der Waals surface area (Å²) in [5.41, 5.74) is 5.01. The van der Waals surface area contributed by atoms with E-state index in [2.05, 4.69) is 30.9 Å². The molecule has 0 aromatic heterocycles. The molecule has 0 aromatic carbocycles. The molecule has 0 spiro atoms. The molecule has 20 heavy (non-hydrogen) atoms. The highest BCUT2D eigenvalue weighted by atomic mass is 32.2. The summed E-state index contributed by atoms with van der Waals surface area (Å²) in [6.45, 7) is 4.12. The fraction of sp³-hybridized carbons (Fsp3) is 0.375. The smallest absolute Gasteiger partial charge is 0.149 e. The summed E-state index contributed by atoms with van der Waals surface area (Å²) in [5, 5.41) is 0.484. The molecule has 3 nitrogen and oxygen atoms in total. The molecular formula is C16H16N2OS. The average molecular weight is 284 g/mol. The van der Waals surface area contributed by atoms with Gasteiger partial charge in [-0.25, -0.2) is 0 Å². The maximum Gasteiger partial charge on any atom is 0.149 e. The molecule has 3 unspecified atom stereocenters. The number of aldehydes is 1. The lowest BCUT2D eigenvalue weighted by Gasteiger charge is -2.33. The topological polar surface area (TPSA) is 32.7 Å². The molecule has 0 amide bonds. The van der Waals surface area contributed by atoms with Crippen LogP contribution in [0.25, 0.3) is 0 Å². The van der Waals surface area contributed by atoms with Gasteiger partial charge in [0.25, 0.3) is 0 Å². The minimum atomic E-state index is 0.484. The third kappa shape index (κ3) is 1.37. The van der Waals surface area contributed by atoms with E-state index in [0.29, 0.717) is 11.3 Å². The molecule has 0 aromatic rings. The largest absolute Gasteiger partial charge is 0.314 e. The van der Waals surface area contributed by atoms with E-state index in [4.69, 9.17) is 4.40 Å². The second-order valence-corrected chi connectivity index (χ2v) is 6.36. The lowest BCUT2D eigenvalue weighted by Crippen LogP contribution is -2.36. The van der Waals surface area contributed by atoms with Crippen molar-refractivity contribution in [2.45, 2.75) is 25.6 Å². The maximum atomic E-state index is 10.7. The van der Waals surface area contributed by atoms with Gasteiger partial charge in [-0.1, -0.05) is 12.2 Å². The first-order valence-corrected chi connectivity index (χ1v) is 7.88. The quantitative estimate of drug-likeness (QED) is 0.443. The number of allylic oxidation sites excluding steroid dienone is 6. The van der Waals surface area contributed by atoms with E-state index in [1.54, 1.807) is 18.0 Å². The minimum Gasteiger partial charge on any atom is -0.314 e. The van der Waals surface area contributed by atoms with Gasteiger partial charge in [-0.05, 0) is 43.9 Å². The Morgan fingerprint density at radius 3 is 2.80 bits per heavy atom. The van der Waals surface area contributed by atoms with Crippen molar-refractivity contribution < 1.29 is 4.79 Å². The molecule has 1 aliphatic carbocycles. The van der Waals surface area contributed by atoms with Gasteiger partial charge < -0.3 is 4.90 Å². The van der Waals surface area contributed by atoms with Crippen LogP contribution in [-0.4, -0.2) is 22.4 Å². The Morgan fingerprint density at radius 2 is 2.10 bits per heavy atom. The molecule has 3 heterocycles. The van der Waals surface area contributed by atoms with Crippen molar-refractivity contribution in [3.8, 4) is 0 Å². The standard InChI is InChI=1S/C16H16N2OS/c1-3-9-10(4-2)15-17-20-16-13-8-12(13)14(18(15)16)11(9)6-5-7-19/h3-7,12-13,16H,8H2,1-2H3/b6-5-,9-3+,10-4+. The number of piperidine rings is 1. The predicted octanol–water partition coefficient (Wildman–Crippen LogP) is 3.24. The van der Waals surface area contributed by atoms with Crippen LogP contribution >= 0.6 is 11.9 Å². The molecule has 0 N–H and O–H groups in total. The zero-order valence-electron chi connectivity index (χ0n) is 11.5. The predicted molar refractivity (Wildman–Crippen MR) is 82.0 cm³/mol. The first-order valence-electron chi connectivity index (χ1n) is 7.04. The average Bonchev–Trinajstić information content (AvgIpc) is 3.02. The van der Waals surface area contributed by atoms with Crippen molar-refractivity contribution in [1.29, 1.82) is 0 Å². The second-order valence-electron chi connectivity index (χ2n) is 5.49. The molecular weight excluding hydrogens is 268 g/mol. The van der Waals surface area contributed by atoms with Gasteiger partial charge in [0.2, 0.25) is 0 Å². The van der Waals surface area contributed by atoms with Gasteiger partial charge in [-0.15, -0.1) is 0 Å². The third-order valence-corrected chi connectivity index (χ3v) is 5.62. The van der Waals surface area contributed by atoms with E-state index >= 15 is 0 Å². The number of hydrogen-bond donors (Lipinski definition) is 0. The Balaban J connectivity index is 1.96. The van der Waals surface area contributed by atoms with Gasteiger partial charge in [0.05, 0.1) is 0 Å². The van der Waals surface area contributed by atoms with Crippen LogP contribution < -0.4 is 0 Å². The zero-order valence-corrected chi connectivity index (χ0v) is 12.4. The molecule has 1 saturated heterocycles. The van der Waals surface area contributed by atoms with Crippen LogP contribution in [0.1, 0.15) is 20.3 Å². The monoisotopic (exact) mass is 284 g/mol. The molecule has 4 aliphatic rings. The normalized spacial score (nSPS) is 37.8. The van der Waals surface area contributed by atoms with Crippen LogP contribution in [0.3, 0.4) is 0 Å². The van der Waals surface area contributed by atoms with Crippen LogP contribution in [-0.2, 0) is 4.79 Å². The molecule has 102 valence electrons. The van der Waals surface area contributed by atoms with Crippen molar-refractivity contribution in [3.05, 3.63) is 46.7 Å². The number of fused-ring (bicyclic) bond motifs is 3. The number of carbonyl (C=O) groups is 1. The van der Waals surface area contributed by atoms with Crippen LogP contribution in [0.2, 0.25) is 0 Å². The van der Waals surface area contributed by atoms with Crippen molar-refractivity contribution in [2.75, 3.05) is 0 Å². The number of nitrogens with zero attached hydrogens (tertiary/aromatic N) is 2. The zero-order chi connectivity index (χ0) is 13.9. The summed E-state index contributed by atoms with van der Waals surface area (Å²) in [7, 11) is 0. The number of rotatable bonds is 2. The number of carbonyl (C=O) groups excluding carboxylic acids is 1. The molecule has 3 atom stereocenters. The van der Waals surface area contributed by atoms with E-state index in [1.807, 2.05) is 6.08 Å². The van der Waals surface area contributed by atoms with Gasteiger partial charge in [0, 0.05) is 34.7 Å². The van der Waals surface area contributed by atoms with Crippen molar-refractivity contribution in [1.82, 2.24) is 4.90 Å². The highest BCUT2D eigenvalue weighted by Gasteiger charge is 2.61. The molecule has 4 heteroatoms. The molecule has 0 radical (unpaired) electrons. The number of hydrogen-bond acceptors (Lipinski definition) is 4.